The van der Waals surface area contributed by atoms with Crippen molar-refractivity contribution in [2.24, 2.45) is 0 Å². The molecule has 1 saturated heterocycles. The highest BCUT2D eigenvalue weighted by Crippen LogP contribution is 2.39. The Balaban J connectivity index is 1.89. The maximum absolute atomic E-state index is 10.6. The molecule has 7 heteroatoms. The normalized spacial score (nSPS) is 29.6. The van der Waals surface area contributed by atoms with Crippen LogP contribution < -0.4 is 4.74 Å². The lowest BCUT2D eigenvalue weighted by molar-refractivity contribution is -0.273. The summed E-state index contributed by atoms with van der Waals surface area (Å²) in [6, 6.07) is 13.0. The van der Waals surface area contributed by atoms with Gasteiger partial charge in [0.1, 0.15) is 35.8 Å². The van der Waals surface area contributed by atoms with Gasteiger partial charge in [0, 0.05) is 5.02 Å². The second kappa shape index (κ2) is 9.00. The second-order valence-corrected chi connectivity index (χ2v) is 7.84. The SMILES string of the molecule is CCOc1ccc(Cc2cc(C3(C)OC(CO)C(O)C(O)C3O)ccc2Cl)cc1. The van der Waals surface area contributed by atoms with Crippen molar-refractivity contribution in [3.63, 3.8) is 0 Å². The number of aliphatic hydroxyl groups is 4. The molecule has 2 aromatic rings. The number of hydrogen-bond acceptors (Lipinski definition) is 6. The summed E-state index contributed by atoms with van der Waals surface area (Å²) in [6.07, 6.45) is -4.65. The smallest absolute Gasteiger partial charge is 0.119 e. The van der Waals surface area contributed by atoms with Crippen LogP contribution in [0.5, 0.6) is 5.75 Å². The molecule has 0 aromatic heterocycles. The fraction of sp³-hybridized carbons (Fsp3) is 0.455. The van der Waals surface area contributed by atoms with Crippen LogP contribution in [-0.2, 0) is 16.8 Å². The summed E-state index contributed by atoms with van der Waals surface area (Å²) in [5.74, 6) is 0.796. The molecule has 6 nitrogen and oxygen atoms in total. The van der Waals surface area contributed by atoms with Crippen molar-refractivity contribution in [3.05, 3.63) is 64.2 Å². The number of halogens is 1. The van der Waals surface area contributed by atoms with Gasteiger partial charge in [-0.2, -0.15) is 0 Å². The summed E-state index contributed by atoms with van der Waals surface area (Å²) in [7, 11) is 0. The van der Waals surface area contributed by atoms with Crippen molar-refractivity contribution in [3.8, 4) is 5.75 Å². The first kappa shape index (κ1) is 22.0. The van der Waals surface area contributed by atoms with Crippen molar-refractivity contribution in [1.29, 1.82) is 0 Å². The Hall–Kier alpha value is -1.67. The van der Waals surface area contributed by atoms with Crippen LogP contribution >= 0.6 is 11.6 Å². The first-order chi connectivity index (χ1) is 13.8. The van der Waals surface area contributed by atoms with Crippen LogP contribution in [-0.4, -0.2) is 58.1 Å². The van der Waals surface area contributed by atoms with E-state index >= 15 is 0 Å². The monoisotopic (exact) mass is 422 g/mol. The molecule has 1 fully saturated rings. The van der Waals surface area contributed by atoms with Gasteiger partial charge < -0.3 is 29.9 Å². The van der Waals surface area contributed by atoms with Crippen LogP contribution in [0.25, 0.3) is 0 Å². The number of ether oxygens (including phenoxy) is 2. The fourth-order valence-electron chi connectivity index (χ4n) is 3.68. The lowest BCUT2D eigenvalue weighted by Crippen LogP contribution is -2.62. The molecule has 1 aliphatic heterocycles. The summed E-state index contributed by atoms with van der Waals surface area (Å²) < 4.78 is 11.3. The molecule has 0 spiro atoms. The van der Waals surface area contributed by atoms with Crippen molar-refractivity contribution in [2.75, 3.05) is 13.2 Å². The van der Waals surface area contributed by atoms with E-state index in [0.29, 0.717) is 23.6 Å². The topological polar surface area (TPSA) is 99.4 Å². The summed E-state index contributed by atoms with van der Waals surface area (Å²) in [6.45, 7) is 3.68. The minimum atomic E-state index is -1.45. The molecule has 0 saturated carbocycles. The molecule has 1 heterocycles. The van der Waals surface area contributed by atoms with Crippen LogP contribution in [0, 0.1) is 0 Å². The van der Waals surface area contributed by atoms with E-state index < -0.39 is 36.6 Å². The molecule has 0 amide bonds. The van der Waals surface area contributed by atoms with E-state index in [9.17, 15) is 20.4 Å². The van der Waals surface area contributed by atoms with Gasteiger partial charge >= 0.3 is 0 Å². The predicted molar refractivity (Wildman–Crippen MR) is 109 cm³/mol. The summed E-state index contributed by atoms with van der Waals surface area (Å²) in [5, 5.41) is 40.9. The van der Waals surface area contributed by atoms with Crippen molar-refractivity contribution >= 4 is 11.6 Å². The van der Waals surface area contributed by atoms with Gasteiger partial charge in [-0.1, -0.05) is 35.9 Å². The highest BCUT2D eigenvalue weighted by atomic mass is 35.5. The van der Waals surface area contributed by atoms with E-state index in [2.05, 4.69) is 0 Å². The van der Waals surface area contributed by atoms with Gasteiger partial charge in [-0.3, -0.25) is 0 Å². The largest absolute Gasteiger partial charge is 0.494 e. The fourth-order valence-corrected chi connectivity index (χ4v) is 3.86. The molecule has 5 unspecified atom stereocenters. The van der Waals surface area contributed by atoms with E-state index in [1.165, 1.54) is 0 Å². The molecule has 158 valence electrons. The Morgan fingerprint density at radius 3 is 2.38 bits per heavy atom. The second-order valence-electron chi connectivity index (χ2n) is 7.43. The van der Waals surface area contributed by atoms with Crippen LogP contribution in [0.4, 0.5) is 0 Å². The molecule has 0 bridgehead atoms. The van der Waals surface area contributed by atoms with Gasteiger partial charge in [-0.05, 0) is 55.2 Å². The summed E-state index contributed by atoms with van der Waals surface area (Å²) in [5.41, 5.74) is 1.14. The molecular formula is C22H27ClO6. The van der Waals surface area contributed by atoms with E-state index in [1.54, 1.807) is 19.1 Å². The maximum atomic E-state index is 10.6. The zero-order valence-corrected chi connectivity index (χ0v) is 17.2. The van der Waals surface area contributed by atoms with Gasteiger partial charge in [0.05, 0.1) is 13.2 Å². The standard InChI is InChI=1S/C22H27ClO6/c1-3-28-16-7-4-13(5-8-16)10-14-11-15(6-9-17(14)23)22(2)21(27)20(26)19(25)18(12-24)29-22/h4-9,11,18-21,24-27H,3,10,12H2,1-2H3. The van der Waals surface area contributed by atoms with Crippen LogP contribution in [0.1, 0.15) is 30.5 Å². The molecule has 5 atom stereocenters. The quantitative estimate of drug-likeness (QED) is 0.568. The van der Waals surface area contributed by atoms with Crippen LogP contribution in [0.3, 0.4) is 0 Å². The van der Waals surface area contributed by atoms with Gasteiger partial charge in [0.25, 0.3) is 0 Å². The third-order valence-electron chi connectivity index (χ3n) is 5.44. The first-order valence-electron chi connectivity index (χ1n) is 9.63. The molecule has 1 aliphatic rings. The minimum Gasteiger partial charge on any atom is -0.494 e. The third kappa shape index (κ3) is 4.43. The first-order valence-corrected chi connectivity index (χ1v) is 10.0. The number of hydrogen-bond donors (Lipinski definition) is 4. The average molecular weight is 423 g/mol. The van der Waals surface area contributed by atoms with E-state index in [1.807, 2.05) is 37.3 Å². The molecular weight excluding hydrogens is 396 g/mol. The molecule has 29 heavy (non-hydrogen) atoms. The summed E-state index contributed by atoms with van der Waals surface area (Å²) in [4.78, 5) is 0. The number of benzene rings is 2. The zero-order valence-electron chi connectivity index (χ0n) is 16.5. The third-order valence-corrected chi connectivity index (χ3v) is 5.81. The molecule has 3 rings (SSSR count). The van der Waals surface area contributed by atoms with E-state index in [-0.39, 0.29) is 0 Å². The highest BCUT2D eigenvalue weighted by molar-refractivity contribution is 6.31. The zero-order chi connectivity index (χ0) is 21.2. The maximum Gasteiger partial charge on any atom is 0.119 e. The molecule has 2 aromatic carbocycles. The average Bonchev–Trinajstić information content (AvgIpc) is 2.72. The van der Waals surface area contributed by atoms with Gasteiger partial charge in [-0.15, -0.1) is 0 Å². The van der Waals surface area contributed by atoms with Crippen molar-refractivity contribution in [2.45, 2.75) is 50.3 Å². The van der Waals surface area contributed by atoms with Gasteiger partial charge in [-0.25, -0.2) is 0 Å². The minimum absolute atomic E-state index is 0.479. The Morgan fingerprint density at radius 1 is 1.07 bits per heavy atom. The van der Waals surface area contributed by atoms with Gasteiger partial charge in [0.15, 0.2) is 0 Å². The highest BCUT2D eigenvalue weighted by Gasteiger charge is 2.51. The summed E-state index contributed by atoms with van der Waals surface area (Å²) >= 11 is 6.40. The van der Waals surface area contributed by atoms with Gasteiger partial charge in [0.2, 0.25) is 0 Å². The van der Waals surface area contributed by atoms with Crippen molar-refractivity contribution < 1.29 is 29.9 Å². The lowest BCUT2D eigenvalue weighted by Gasteiger charge is -2.47. The lowest BCUT2D eigenvalue weighted by atomic mass is 9.80. The number of aliphatic hydroxyl groups excluding tert-OH is 4. The predicted octanol–water partition coefficient (Wildman–Crippen LogP) is 2.02. The van der Waals surface area contributed by atoms with E-state index in [4.69, 9.17) is 21.1 Å². The Labute approximate surface area is 175 Å². The van der Waals surface area contributed by atoms with Crippen molar-refractivity contribution in [1.82, 2.24) is 0 Å². The molecule has 0 radical (unpaired) electrons. The molecule has 0 aliphatic carbocycles. The Kier molecular flexibility index (Phi) is 6.83. The van der Waals surface area contributed by atoms with Crippen LogP contribution in [0.15, 0.2) is 42.5 Å². The Bertz CT molecular complexity index is 825. The molecule has 4 N–H and O–H groups in total. The van der Waals surface area contributed by atoms with Crippen LogP contribution in [0.2, 0.25) is 5.02 Å². The Morgan fingerprint density at radius 2 is 1.76 bits per heavy atom. The number of rotatable bonds is 6. The van der Waals surface area contributed by atoms with E-state index in [0.717, 1.165) is 16.9 Å².